The average Bonchev–Trinajstić information content (AvgIpc) is 2.74. The van der Waals surface area contributed by atoms with Gasteiger partial charge in [-0.3, -0.25) is 19.2 Å². The first-order valence-electron chi connectivity index (χ1n) is 10.7. The highest BCUT2D eigenvalue weighted by Crippen LogP contribution is 2.36. The highest BCUT2D eigenvalue weighted by Gasteiger charge is 2.39. The van der Waals surface area contributed by atoms with Gasteiger partial charge in [0.1, 0.15) is 5.65 Å². The first-order chi connectivity index (χ1) is 14.9. The summed E-state index contributed by atoms with van der Waals surface area (Å²) in [6.07, 6.45) is 7.67. The summed E-state index contributed by atoms with van der Waals surface area (Å²) < 4.78 is 1.60. The second-order valence-corrected chi connectivity index (χ2v) is 8.77. The number of fused-ring (bicyclic) bond motifs is 1. The van der Waals surface area contributed by atoms with E-state index in [1.165, 1.54) is 18.9 Å². The molecule has 8 heteroatoms. The number of aryl methyl sites for hydroxylation is 2. The van der Waals surface area contributed by atoms with E-state index in [0.717, 1.165) is 43.3 Å². The predicted molar refractivity (Wildman–Crippen MR) is 122 cm³/mol. The van der Waals surface area contributed by atoms with Crippen LogP contribution >= 0.6 is 0 Å². The number of hydrogen-bond acceptors (Lipinski definition) is 7. The van der Waals surface area contributed by atoms with Gasteiger partial charge >= 0.3 is 0 Å². The maximum Gasteiger partial charge on any atom is 0.258 e. The number of nitrogens with one attached hydrogen (secondary N) is 1. The van der Waals surface area contributed by atoms with Gasteiger partial charge in [-0.1, -0.05) is 0 Å². The predicted octanol–water partition coefficient (Wildman–Crippen LogP) is 1.75. The van der Waals surface area contributed by atoms with Crippen molar-refractivity contribution in [2.24, 2.45) is 11.1 Å². The third-order valence-electron chi connectivity index (χ3n) is 6.53. The number of pyridine rings is 1. The molecule has 2 fully saturated rings. The molecule has 3 aromatic rings. The minimum Gasteiger partial charge on any atom is -0.397 e. The van der Waals surface area contributed by atoms with E-state index < -0.39 is 0 Å². The minimum atomic E-state index is -0.151. The Balaban J connectivity index is 1.43. The smallest absolute Gasteiger partial charge is 0.258 e. The van der Waals surface area contributed by atoms with Crippen LogP contribution in [-0.4, -0.2) is 45.5 Å². The molecule has 2 aliphatic rings. The molecule has 160 valence electrons. The lowest BCUT2D eigenvalue weighted by atomic mass is 9.73. The first kappa shape index (κ1) is 19.7. The van der Waals surface area contributed by atoms with Crippen molar-refractivity contribution < 1.29 is 0 Å². The maximum absolute atomic E-state index is 12.8. The number of aromatic nitrogens is 4. The summed E-state index contributed by atoms with van der Waals surface area (Å²) in [5.74, 6) is 0. The van der Waals surface area contributed by atoms with Crippen molar-refractivity contribution in [1.29, 1.82) is 0 Å². The summed E-state index contributed by atoms with van der Waals surface area (Å²) in [5, 5.41) is 3.40. The van der Waals surface area contributed by atoms with Crippen molar-refractivity contribution >= 4 is 23.1 Å². The Morgan fingerprint density at radius 1 is 1.19 bits per heavy atom. The Hall–Kier alpha value is -3.26. The van der Waals surface area contributed by atoms with Crippen LogP contribution in [0.5, 0.6) is 0 Å². The summed E-state index contributed by atoms with van der Waals surface area (Å²) in [6, 6.07) is 5.41. The molecular weight excluding hydrogens is 390 g/mol. The maximum atomic E-state index is 12.8. The van der Waals surface area contributed by atoms with Gasteiger partial charge in [-0.05, 0) is 50.3 Å². The lowest BCUT2D eigenvalue weighted by Crippen LogP contribution is -2.58. The van der Waals surface area contributed by atoms with Gasteiger partial charge in [0.2, 0.25) is 0 Å². The quantitative estimate of drug-likeness (QED) is 0.669. The molecule has 31 heavy (non-hydrogen) atoms. The number of hydrogen-bond donors (Lipinski definition) is 2. The molecule has 0 bridgehead atoms. The van der Waals surface area contributed by atoms with Gasteiger partial charge in [-0.25, -0.2) is 4.98 Å². The molecular formula is C23H27N7O. The molecule has 8 nitrogen and oxygen atoms in total. The number of piperidine rings is 1. The van der Waals surface area contributed by atoms with E-state index in [0.29, 0.717) is 28.1 Å². The zero-order valence-electron chi connectivity index (χ0n) is 17.9. The highest BCUT2D eigenvalue weighted by atomic mass is 16.1. The molecule has 0 amide bonds. The van der Waals surface area contributed by atoms with Crippen molar-refractivity contribution in [3.63, 3.8) is 0 Å². The van der Waals surface area contributed by atoms with Gasteiger partial charge in [0.15, 0.2) is 0 Å². The number of nitrogens with zero attached hydrogens (tertiary/aromatic N) is 5. The molecule has 3 aromatic heterocycles. The monoisotopic (exact) mass is 417 g/mol. The van der Waals surface area contributed by atoms with Gasteiger partial charge in [-0.15, -0.1) is 0 Å². The van der Waals surface area contributed by atoms with E-state index in [-0.39, 0.29) is 5.56 Å². The van der Waals surface area contributed by atoms with Gasteiger partial charge in [0, 0.05) is 44.6 Å². The lowest BCUT2D eigenvalue weighted by molar-refractivity contribution is 0.126. The summed E-state index contributed by atoms with van der Waals surface area (Å²) in [7, 11) is 0. The Morgan fingerprint density at radius 2 is 1.97 bits per heavy atom. The summed E-state index contributed by atoms with van der Waals surface area (Å²) in [5.41, 5.74) is 11.4. The van der Waals surface area contributed by atoms with Crippen LogP contribution in [0.3, 0.4) is 0 Å². The van der Waals surface area contributed by atoms with Crippen LogP contribution in [0.2, 0.25) is 0 Å². The van der Waals surface area contributed by atoms with E-state index in [1.807, 2.05) is 32.2 Å². The summed E-state index contributed by atoms with van der Waals surface area (Å²) >= 11 is 0. The fourth-order valence-corrected chi connectivity index (χ4v) is 4.47. The van der Waals surface area contributed by atoms with Crippen LogP contribution in [0, 0.1) is 19.3 Å². The molecule has 1 spiro atoms. The van der Waals surface area contributed by atoms with E-state index in [9.17, 15) is 4.79 Å². The lowest BCUT2D eigenvalue weighted by Gasteiger charge is -2.48. The Labute approximate surface area is 180 Å². The van der Waals surface area contributed by atoms with Crippen LogP contribution < -0.4 is 21.5 Å². The highest BCUT2D eigenvalue weighted by molar-refractivity contribution is 5.77. The van der Waals surface area contributed by atoms with E-state index in [2.05, 4.69) is 25.2 Å². The standard InChI is InChI=1S/C23H27N7O/c1-15-11-26-19(16(2)27-15)9-18(24)20-10-22(31)30-12-17(3-4-21(30)28-20)29-7-5-23(6-8-29)13-25-14-23/h3-4,9-12,25H,5-8,13-14,24H2,1-2H3. The fourth-order valence-electron chi connectivity index (χ4n) is 4.47. The van der Waals surface area contributed by atoms with Crippen molar-refractivity contribution in [3.8, 4) is 0 Å². The largest absolute Gasteiger partial charge is 0.397 e. The van der Waals surface area contributed by atoms with Crippen molar-refractivity contribution in [1.82, 2.24) is 24.7 Å². The van der Waals surface area contributed by atoms with Crippen LogP contribution in [0.15, 0.2) is 35.4 Å². The molecule has 5 rings (SSSR count). The van der Waals surface area contributed by atoms with Gasteiger partial charge in [0.05, 0.1) is 34.2 Å². The Kier molecular flexibility index (Phi) is 4.74. The second-order valence-electron chi connectivity index (χ2n) is 8.77. The van der Waals surface area contributed by atoms with E-state index in [4.69, 9.17) is 5.73 Å². The molecule has 0 radical (unpaired) electrons. The normalized spacial score (nSPS) is 18.4. The zero-order chi connectivity index (χ0) is 21.6. The molecule has 5 heterocycles. The van der Waals surface area contributed by atoms with Crippen LogP contribution in [-0.2, 0) is 0 Å². The van der Waals surface area contributed by atoms with E-state index >= 15 is 0 Å². The molecule has 0 aromatic carbocycles. The second kappa shape index (κ2) is 7.46. The zero-order valence-corrected chi connectivity index (χ0v) is 17.9. The van der Waals surface area contributed by atoms with E-state index in [1.54, 1.807) is 16.7 Å². The van der Waals surface area contributed by atoms with Gasteiger partial charge in [0.25, 0.3) is 5.56 Å². The van der Waals surface area contributed by atoms with Gasteiger partial charge in [-0.2, -0.15) is 0 Å². The SMILES string of the molecule is Cc1cnc(C=C(N)c2cc(=O)n3cc(N4CCC5(CC4)CNC5)ccc3n2)c(C)n1. The number of anilines is 1. The van der Waals surface area contributed by atoms with Gasteiger partial charge < -0.3 is 16.0 Å². The van der Waals surface area contributed by atoms with Crippen molar-refractivity contribution in [2.45, 2.75) is 26.7 Å². The first-order valence-corrected chi connectivity index (χ1v) is 10.7. The topological polar surface area (TPSA) is 101 Å². The fraction of sp³-hybridized carbons (Fsp3) is 0.391. The Morgan fingerprint density at radius 3 is 2.65 bits per heavy atom. The summed E-state index contributed by atoms with van der Waals surface area (Å²) in [4.78, 5) is 28.6. The molecule has 0 saturated carbocycles. The number of rotatable bonds is 3. The average molecular weight is 418 g/mol. The molecule has 2 aliphatic heterocycles. The molecule has 2 saturated heterocycles. The third kappa shape index (κ3) is 3.67. The molecule has 0 aliphatic carbocycles. The Bertz CT molecular complexity index is 1230. The molecule has 3 N–H and O–H groups in total. The van der Waals surface area contributed by atoms with Crippen molar-refractivity contribution in [3.05, 3.63) is 63.7 Å². The summed E-state index contributed by atoms with van der Waals surface area (Å²) in [6.45, 7) is 8.07. The molecule has 0 unspecified atom stereocenters. The van der Waals surface area contributed by atoms with Crippen molar-refractivity contribution in [2.75, 3.05) is 31.1 Å². The third-order valence-corrected chi connectivity index (χ3v) is 6.53. The molecule has 0 atom stereocenters. The minimum absolute atomic E-state index is 0.151. The van der Waals surface area contributed by atoms with Crippen LogP contribution in [0.4, 0.5) is 5.69 Å². The van der Waals surface area contributed by atoms with Crippen LogP contribution in [0.1, 0.15) is 35.6 Å². The van der Waals surface area contributed by atoms with Crippen LogP contribution in [0.25, 0.3) is 17.4 Å². The number of nitrogens with two attached hydrogens (primary N) is 1.